The van der Waals surface area contributed by atoms with Gasteiger partial charge >= 0.3 is 0 Å². The summed E-state index contributed by atoms with van der Waals surface area (Å²) in [7, 11) is 0. The van der Waals surface area contributed by atoms with E-state index in [4.69, 9.17) is 11.6 Å². The number of nitro benzene ring substituents is 1. The lowest BCUT2D eigenvalue weighted by atomic mass is 10.1. The third-order valence-electron chi connectivity index (χ3n) is 2.22. The molecule has 0 aliphatic heterocycles. The van der Waals surface area contributed by atoms with E-state index < -0.39 is 4.92 Å². The maximum absolute atomic E-state index is 10.7. The molecule has 1 aromatic heterocycles. The maximum atomic E-state index is 10.7. The van der Waals surface area contributed by atoms with Gasteiger partial charge in [-0.1, -0.05) is 11.3 Å². The van der Waals surface area contributed by atoms with Crippen LogP contribution in [-0.2, 0) is 5.88 Å². The van der Waals surface area contributed by atoms with Crippen LogP contribution in [0.2, 0.25) is 0 Å². The highest BCUT2D eigenvalue weighted by molar-refractivity contribution is 7.14. The summed E-state index contributed by atoms with van der Waals surface area (Å²) >= 11 is 7.03. The monoisotopic (exact) mass is 269 g/mol. The van der Waals surface area contributed by atoms with Gasteiger partial charge in [-0.15, -0.1) is 21.8 Å². The van der Waals surface area contributed by atoms with Crippen molar-refractivity contribution in [1.82, 2.24) is 10.2 Å². The summed E-state index contributed by atoms with van der Waals surface area (Å²) in [6.07, 6.45) is 0. The molecule has 17 heavy (non-hydrogen) atoms. The second kappa shape index (κ2) is 4.77. The van der Waals surface area contributed by atoms with Gasteiger partial charge in [0.25, 0.3) is 5.69 Å². The highest BCUT2D eigenvalue weighted by Crippen LogP contribution is 2.28. The predicted octanol–water partition coefficient (Wildman–Crippen LogP) is 3.16. The smallest absolute Gasteiger partial charge is 0.258 e. The molecule has 2 rings (SSSR count). The summed E-state index contributed by atoms with van der Waals surface area (Å²) in [6, 6.07) is 4.88. The minimum absolute atomic E-state index is 0.107. The van der Waals surface area contributed by atoms with Crippen LogP contribution in [0.25, 0.3) is 10.6 Å². The van der Waals surface area contributed by atoms with Crippen LogP contribution in [0.5, 0.6) is 0 Å². The Balaban J connectivity index is 2.40. The fourth-order valence-electron chi connectivity index (χ4n) is 1.42. The Morgan fingerprint density at radius 2 is 2.24 bits per heavy atom. The Hall–Kier alpha value is -1.53. The zero-order chi connectivity index (χ0) is 12.4. The van der Waals surface area contributed by atoms with Gasteiger partial charge in [0.05, 0.1) is 10.8 Å². The number of nitro groups is 1. The van der Waals surface area contributed by atoms with Crippen LogP contribution < -0.4 is 0 Å². The molecule has 0 radical (unpaired) electrons. The zero-order valence-electron chi connectivity index (χ0n) is 8.88. The van der Waals surface area contributed by atoms with Crippen LogP contribution in [0, 0.1) is 17.0 Å². The first-order chi connectivity index (χ1) is 8.11. The number of rotatable bonds is 3. The first-order valence-electron chi connectivity index (χ1n) is 4.75. The highest BCUT2D eigenvalue weighted by Gasteiger charge is 2.13. The van der Waals surface area contributed by atoms with Gasteiger partial charge in [0.15, 0.2) is 0 Å². The molecule has 0 spiro atoms. The van der Waals surface area contributed by atoms with E-state index in [1.165, 1.54) is 17.4 Å². The molecule has 0 N–H and O–H groups in total. The lowest BCUT2D eigenvalue weighted by molar-refractivity contribution is -0.385. The van der Waals surface area contributed by atoms with Gasteiger partial charge in [-0.2, -0.15) is 0 Å². The summed E-state index contributed by atoms with van der Waals surface area (Å²) < 4.78 is 0. The van der Waals surface area contributed by atoms with Crippen LogP contribution in [-0.4, -0.2) is 15.1 Å². The Morgan fingerprint density at radius 1 is 1.47 bits per heavy atom. The third-order valence-corrected chi connectivity index (χ3v) is 3.61. The van der Waals surface area contributed by atoms with Gasteiger partial charge in [0.2, 0.25) is 0 Å². The summed E-state index contributed by atoms with van der Waals surface area (Å²) in [5.74, 6) is 0.323. The number of benzene rings is 1. The average molecular weight is 270 g/mol. The minimum atomic E-state index is -0.399. The van der Waals surface area contributed by atoms with E-state index in [0.717, 1.165) is 15.6 Å². The van der Waals surface area contributed by atoms with Crippen LogP contribution in [0.4, 0.5) is 5.69 Å². The molecular weight excluding hydrogens is 262 g/mol. The molecule has 0 unspecified atom stereocenters. The van der Waals surface area contributed by atoms with Crippen molar-refractivity contribution in [3.05, 3.63) is 38.9 Å². The van der Waals surface area contributed by atoms with E-state index in [1.54, 1.807) is 19.1 Å². The SMILES string of the molecule is Cc1cc(-c2nnc(CCl)s2)ccc1[N+](=O)[O-]. The number of alkyl halides is 1. The van der Waals surface area contributed by atoms with Gasteiger partial charge < -0.3 is 0 Å². The molecule has 88 valence electrons. The van der Waals surface area contributed by atoms with Crippen molar-refractivity contribution >= 4 is 28.6 Å². The molecule has 0 bridgehead atoms. The van der Waals surface area contributed by atoms with E-state index >= 15 is 0 Å². The van der Waals surface area contributed by atoms with E-state index in [0.29, 0.717) is 11.4 Å². The summed E-state index contributed by atoms with van der Waals surface area (Å²) in [4.78, 5) is 10.3. The first kappa shape index (κ1) is 11.9. The molecule has 0 saturated carbocycles. The molecule has 5 nitrogen and oxygen atoms in total. The molecule has 1 aromatic carbocycles. The number of nitrogens with zero attached hydrogens (tertiary/aromatic N) is 3. The maximum Gasteiger partial charge on any atom is 0.272 e. The Kier molecular flexibility index (Phi) is 3.35. The van der Waals surface area contributed by atoms with Gasteiger partial charge in [-0.3, -0.25) is 10.1 Å². The number of hydrogen-bond acceptors (Lipinski definition) is 5. The van der Waals surface area contributed by atoms with E-state index in [-0.39, 0.29) is 5.69 Å². The van der Waals surface area contributed by atoms with Crippen molar-refractivity contribution in [2.75, 3.05) is 0 Å². The Morgan fingerprint density at radius 3 is 2.76 bits per heavy atom. The molecule has 0 saturated heterocycles. The van der Waals surface area contributed by atoms with Gasteiger partial charge in [0, 0.05) is 17.2 Å². The largest absolute Gasteiger partial charge is 0.272 e. The summed E-state index contributed by atoms with van der Waals surface area (Å²) in [5.41, 5.74) is 1.54. The van der Waals surface area contributed by atoms with Gasteiger partial charge in [0.1, 0.15) is 10.0 Å². The highest BCUT2D eigenvalue weighted by atomic mass is 35.5. The van der Waals surface area contributed by atoms with Gasteiger partial charge in [-0.05, 0) is 19.1 Å². The lowest BCUT2D eigenvalue weighted by Crippen LogP contribution is -1.91. The Labute approximate surface area is 106 Å². The molecule has 0 aliphatic carbocycles. The number of aryl methyl sites for hydroxylation is 1. The zero-order valence-corrected chi connectivity index (χ0v) is 10.5. The molecule has 0 fully saturated rings. The number of halogens is 1. The number of aromatic nitrogens is 2. The fourth-order valence-corrected chi connectivity index (χ4v) is 2.32. The molecule has 7 heteroatoms. The van der Waals surface area contributed by atoms with Crippen molar-refractivity contribution in [1.29, 1.82) is 0 Å². The topological polar surface area (TPSA) is 68.9 Å². The first-order valence-corrected chi connectivity index (χ1v) is 6.10. The second-order valence-corrected chi connectivity index (χ2v) is 4.72. The van der Waals surface area contributed by atoms with Crippen molar-refractivity contribution in [2.45, 2.75) is 12.8 Å². The molecule has 1 heterocycles. The molecule has 2 aromatic rings. The minimum Gasteiger partial charge on any atom is -0.258 e. The van der Waals surface area contributed by atoms with Crippen molar-refractivity contribution in [3.63, 3.8) is 0 Å². The number of hydrogen-bond donors (Lipinski definition) is 0. The van der Waals surface area contributed by atoms with Crippen molar-refractivity contribution in [3.8, 4) is 10.6 Å². The van der Waals surface area contributed by atoms with E-state index in [1.807, 2.05) is 0 Å². The quantitative estimate of drug-likeness (QED) is 0.487. The molecular formula is C10H8ClN3O2S. The molecule has 0 aliphatic rings. The molecule has 0 atom stereocenters. The van der Waals surface area contributed by atoms with E-state index in [9.17, 15) is 10.1 Å². The normalized spacial score (nSPS) is 10.5. The average Bonchev–Trinajstić information content (AvgIpc) is 2.76. The summed E-state index contributed by atoms with van der Waals surface area (Å²) in [5, 5.41) is 20.0. The van der Waals surface area contributed by atoms with Crippen molar-refractivity contribution < 1.29 is 4.92 Å². The van der Waals surface area contributed by atoms with Gasteiger partial charge in [-0.25, -0.2) is 0 Å². The van der Waals surface area contributed by atoms with E-state index in [2.05, 4.69) is 10.2 Å². The molecule has 0 amide bonds. The van der Waals surface area contributed by atoms with Crippen LogP contribution in [0.1, 0.15) is 10.6 Å². The Bertz CT molecular complexity index is 570. The van der Waals surface area contributed by atoms with Crippen LogP contribution in [0.3, 0.4) is 0 Å². The predicted molar refractivity (Wildman–Crippen MR) is 66.3 cm³/mol. The lowest BCUT2D eigenvalue weighted by Gasteiger charge is -1.99. The van der Waals surface area contributed by atoms with Crippen LogP contribution >= 0.6 is 22.9 Å². The summed E-state index contributed by atoms with van der Waals surface area (Å²) in [6.45, 7) is 1.70. The second-order valence-electron chi connectivity index (χ2n) is 3.39. The third kappa shape index (κ3) is 2.42. The fraction of sp³-hybridized carbons (Fsp3) is 0.200. The standard InChI is InChI=1S/C10H8ClN3O2S/c1-6-4-7(2-3-8(6)14(15)16)10-13-12-9(5-11)17-10/h2-4H,5H2,1H3. The van der Waals surface area contributed by atoms with Crippen LogP contribution in [0.15, 0.2) is 18.2 Å². The van der Waals surface area contributed by atoms with Crippen molar-refractivity contribution in [2.24, 2.45) is 0 Å².